The summed E-state index contributed by atoms with van der Waals surface area (Å²) in [4.78, 5) is 7.23. The van der Waals surface area contributed by atoms with Gasteiger partial charge in [0.05, 0.1) is 5.69 Å². The molecule has 3 nitrogen and oxygen atoms in total. The van der Waals surface area contributed by atoms with Gasteiger partial charge in [0, 0.05) is 19.6 Å². The van der Waals surface area contributed by atoms with E-state index in [1.165, 1.54) is 38.8 Å². The van der Waals surface area contributed by atoms with Gasteiger partial charge in [0.15, 0.2) is 0 Å². The molecule has 1 fully saturated rings. The van der Waals surface area contributed by atoms with Crippen molar-refractivity contribution in [1.82, 2.24) is 10.3 Å². The monoisotopic (exact) mass is 261 g/mol. The van der Waals surface area contributed by atoms with E-state index in [0.717, 1.165) is 30.5 Å². The van der Waals surface area contributed by atoms with Crippen LogP contribution in [0.25, 0.3) is 0 Å². The quantitative estimate of drug-likeness (QED) is 0.764. The molecule has 2 heterocycles. The van der Waals surface area contributed by atoms with E-state index < -0.39 is 0 Å². The maximum absolute atomic E-state index is 4.78. The fourth-order valence-electron chi connectivity index (χ4n) is 2.82. The van der Waals surface area contributed by atoms with Crippen LogP contribution in [-0.4, -0.2) is 24.6 Å². The van der Waals surface area contributed by atoms with Gasteiger partial charge in [0.25, 0.3) is 0 Å². The molecular formula is C16H27N3. The van der Waals surface area contributed by atoms with Crippen molar-refractivity contribution in [2.24, 2.45) is 5.92 Å². The number of pyridine rings is 1. The van der Waals surface area contributed by atoms with Gasteiger partial charge in [-0.2, -0.15) is 0 Å². The number of hydrogen-bond donors (Lipinski definition) is 1. The van der Waals surface area contributed by atoms with Crippen LogP contribution in [0.5, 0.6) is 0 Å². The van der Waals surface area contributed by atoms with E-state index >= 15 is 0 Å². The van der Waals surface area contributed by atoms with Crippen molar-refractivity contribution in [2.75, 3.05) is 24.5 Å². The molecule has 1 aliphatic heterocycles. The predicted octanol–water partition coefficient (Wildman–Crippen LogP) is 3.21. The van der Waals surface area contributed by atoms with Crippen LogP contribution in [0.2, 0.25) is 0 Å². The summed E-state index contributed by atoms with van der Waals surface area (Å²) in [6.45, 7) is 8.77. The Kier molecular flexibility index (Phi) is 5.64. The Labute approximate surface area is 117 Å². The van der Waals surface area contributed by atoms with E-state index in [4.69, 9.17) is 4.98 Å². The average Bonchev–Trinajstić information content (AvgIpc) is 2.89. The van der Waals surface area contributed by atoms with Crippen molar-refractivity contribution in [3.8, 4) is 0 Å². The second-order valence-electron chi connectivity index (χ2n) is 5.55. The second kappa shape index (κ2) is 7.49. The van der Waals surface area contributed by atoms with Gasteiger partial charge in [-0.05, 0) is 43.9 Å². The van der Waals surface area contributed by atoms with Gasteiger partial charge in [-0.15, -0.1) is 0 Å². The molecule has 1 unspecified atom stereocenters. The highest BCUT2D eigenvalue weighted by Gasteiger charge is 2.22. The van der Waals surface area contributed by atoms with Crippen LogP contribution in [0.15, 0.2) is 18.2 Å². The molecule has 3 heteroatoms. The molecule has 106 valence electrons. The summed E-state index contributed by atoms with van der Waals surface area (Å²) >= 11 is 0. The highest BCUT2D eigenvalue weighted by molar-refractivity contribution is 5.40. The Hall–Kier alpha value is -1.09. The summed E-state index contributed by atoms with van der Waals surface area (Å²) in [5, 5.41) is 3.42. The fourth-order valence-corrected chi connectivity index (χ4v) is 2.82. The lowest BCUT2D eigenvalue weighted by Crippen LogP contribution is -2.22. The number of nitrogens with zero attached hydrogens (tertiary/aromatic N) is 2. The van der Waals surface area contributed by atoms with Crippen molar-refractivity contribution < 1.29 is 0 Å². The topological polar surface area (TPSA) is 28.2 Å². The normalized spacial score (nSPS) is 19.1. The Balaban J connectivity index is 1.91. The minimum Gasteiger partial charge on any atom is -0.356 e. The Bertz CT molecular complexity index is 378. The second-order valence-corrected chi connectivity index (χ2v) is 5.55. The minimum absolute atomic E-state index is 0.869. The number of aromatic nitrogens is 1. The predicted molar refractivity (Wildman–Crippen MR) is 81.5 cm³/mol. The van der Waals surface area contributed by atoms with E-state index in [1.807, 2.05) is 0 Å². The number of hydrogen-bond acceptors (Lipinski definition) is 3. The summed E-state index contributed by atoms with van der Waals surface area (Å²) in [6, 6.07) is 6.40. The lowest BCUT2D eigenvalue weighted by molar-refractivity contribution is 0.529. The Morgan fingerprint density at radius 2 is 2.21 bits per heavy atom. The summed E-state index contributed by atoms with van der Waals surface area (Å²) in [6.07, 6.45) is 5.15. The molecule has 1 aliphatic rings. The zero-order chi connectivity index (χ0) is 13.5. The third-order valence-electron chi connectivity index (χ3n) is 3.83. The minimum atomic E-state index is 0.869. The summed E-state index contributed by atoms with van der Waals surface area (Å²) in [5.41, 5.74) is 1.16. The highest BCUT2D eigenvalue weighted by atomic mass is 15.2. The van der Waals surface area contributed by atoms with E-state index in [9.17, 15) is 0 Å². The van der Waals surface area contributed by atoms with Crippen LogP contribution in [-0.2, 0) is 6.54 Å². The lowest BCUT2D eigenvalue weighted by atomic mass is 10.0. The summed E-state index contributed by atoms with van der Waals surface area (Å²) in [7, 11) is 0. The van der Waals surface area contributed by atoms with Gasteiger partial charge < -0.3 is 10.2 Å². The van der Waals surface area contributed by atoms with Crippen molar-refractivity contribution in [3.63, 3.8) is 0 Å². The first kappa shape index (κ1) is 14.3. The van der Waals surface area contributed by atoms with E-state index in [2.05, 4.69) is 42.3 Å². The molecule has 1 aromatic rings. The fraction of sp³-hybridized carbons (Fsp3) is 0.688. The molecule has 0 aliphatic carbocycles. The van der Waals surface area contributed by atoms with Crippen LogP contribution in [0.4, 0.5) is 5.82 Å². The average molecular weight is 261 g/mol. The molecule has 0 radical (unpaired) electrons. The molecule has 1 aromatic heterocycles. The third-order valence-corrected chi connectivity index (χ3v) is 3.83. The first-order valence-electron chi connectivity index (χ1n) is 7.75. The first-order valence-corrected chi connectivity index (χ1v) is 7.75. The molecule has 19 heavy (non-hydrogen) atoms. The van der Waals surface area contributed by atoms with E-state index in [-0.39, 0.29) is 0 Å². The molecule has 0 amide bonds. The van der Waals surface area contributed by atoms with Crippen molar-refractivity contribution in [1.29, 1.82) is 0 Å². The smallest absolute Gasteiger partial charge is 0.128 e. The van der Waals surface area contributed by atoms with Gasteiger partial charge in [-0.3, -0.25) is 0 Å². The number of rotatable bonds is 7. The Morgan fingerprint density at radius 3 is 3.00 bits per heavy atom. The summed E-state index contributed by atoms with van der Waals surface area (Å²) in [5.74, 6) is 2.03. The van der Waals surface area contributed by atoms with Gasteiger partial charge >= 0.3 is 0 Å². The van der Waals surface area contributed by atoms with E-state index in [1.54, 1.807) is 0 Å². The van der Waals surface area contributed by atoms with Gasteiger partial charge in [-0.1, -0.05) is 26.3 Å². The highest BCUT2D eigenvalue weighted by Crippen LogP contribution is 2.25. The van der Waals surface area contributed by atoms with Crippen LogP contribution < -0.4 is 10.2 Å². The van der Waals surface area contributed by atoms with Crippen molar-refractivity contribution in [3.05, 3.63) is 23.9 Å². The molecule has 0 aromatic carbocycles. The van der Waals surface area contributed by atoms with Gasteiger partial charge in [-0.25, -0.2) is 4.98 Å². The van der Waals surface area contributed by atoms with Crippen molar-refractivity contribution in [2.45, 2.75) is 46.1 Å². The molecule has 0 spiro atoms. The maximum Gasteiger partial charge on any atom is 0.128 e. The molecule has 0 bridgehead atoms. The maximum atomic E-state index is 4.78. The molecule has 1 N–H and O–H groups in total. The van der Waals surface area contributed by atoms with Crippen LogP contribution in [0.3, 0.4) is 0 Å². The van der Waals surface area contributed by atoms with Crippen molar-refractivity contribution >= 4 is 5.82 Å². The molecule has 0 saturated carbocycles. The molecular weight excluding hydrogens is 234 g/mol. The summed E-state index contributed by atoms with van der Waals surface area (Å²) < 4.78 is 0. The third kappa shape index (κ3) is 4.20. The van der Waals surface area contributed by atoms with Gasteiger partial charge in [0.1, 0.15) is 5.82 Å². The number of anilines is 1. The van der Waals surface area contributed by atoms with Gasteiger partial charge in [0.2, 0.25) is 0 Å². The molecule has 2 rings (SSSR count). The number of nitrogens with one attached hydrogen (secondary N) is 1. The standard InChI is InChI=1S/C16H27N3/c1-3-6-14-9-11-19(13-14)16-8-5-7-15(18-16)12-17-10-4-2/h5,7-8,14,17H,3-4,6,9-13H2,1-2H3. The van der Waals surface area contributed by atoms with Crippen LogP contribution >= 0.6 is 0 Å². The zero-order valence-corrected chi connectivity index (χ0v) is 12.4. The molecule has 1 saturated heterocycles. The molecule has 1 atom stereocenters. The van der Waals surface area contributed by atoms with E-state index in [0.29, 0.717) is 0 Å². The first-order chi connectivity index (χ1) is 9.33. The SMILES string of the molecule is CCCNCc1cccc(N2CCC(CCC)C2)n1. The largest absolute Gasteiger partial charge is 0.356 e. The van der Waals surface area contributed by atoms with Crippen LogP contribution in [0.1, 0.15) is 45.2 Å². The Morgan fingerprint density at radius 1 is 1.32 bits per heavy atom. The lowest BCUT2D eigenvalue weighted by Gasteiger charge is -2.18. The zero-order valence-electron chi connectivity index (χ0n) is 12.4. The van der Waals surface area contributed by atoms with Crippen LogP contribution in [0, 0.1) is 5.92 Å².